The lowest BCUT2D eigenvalue weighted by atomic mass is 10.1. The van der Waals surface area contributed by atoms with Gasteiger partial charge in [0.2, 0.25) is 0 Å². The van der Waals surface area contributed by atoms with Crippen LogP contribution in [0.1, 0.15) is 0 Å². The Kier molecular flexibility index (Phi) is 6.79. The molecule has 12 aromatic rings. The summed E-state index contributed by atoms with van der Waals surface area (Å²) in [6, 6.07) is 60.5. The first-order chi connectivity index (χ1) is 28.3. The number of hydrogen-bond donors (Lipinski definition) is 0. The molecule has 0 bridgehead atoms. The van der Waals surface area contributed by atoms with Crippen molar-refractivity contribution in [1.29, 1.82) is 0 Å². The summed E-state index contributed by atoms with van der Waals surface area (Å²) in [4.78, 5) is 19.8. The molecular weight excluding hydrogens is 701 g/mol. The largest absolute Gasteiger partial charge is 0.455 e. The summed E-state index contributed by atoms with van der Waals surface area (Å²) < 4.78 is 11.6. The fourth-order valence-electron chi connectivity index (χ4n) is 8.49. The first kappa shape index (κ1) is 31.5. The molecule has 0 aliphatic carbocycles. The molecule has 0 fully saturated rings. The Hall–Kier alpha value is -7.90. The summed E-state index contributed by atoms with van der Waals surface area (Å²) in [6.45, 7) is 0. The third kappa shape index (κ3) is 4.79. The molecule has 0 unspecified atom stereocenters. The molecule has 5 aromatic heterocycles. The van der Waals surface area contributed by atoms with Gasteiger partial charge in [-0.2, -0.15) is 0 Å². The van der Waals surface area contributed by atoms with Crippen LogP contribution in [0.5, 0.6) is 0 Å². The van der Waals surface area contributed by atoms with Gasteiger partial charge in [-0.05, 0) is 60.7 Å². The van der Waals surface area contributed by atoms with Crippen molar-refractivity contribution >= 4 is 65.6 Å². The fourth-order valence-corrected chi connectivity index (χ4v) is 8.49. The number of nitrogens with zero attached hydrogens (tertiary/aromatic N) is 6. The zero-order chi connectivity index (χ0) is 37.5. The minimum absolute atomic E-state index is 0.563. The van der Waals surface area contributed by atoms with E-state index in [2.05, 4.69) is 112 Å². The van der Waals surface area contributed by atoms with Crippen LogP contribution in [0.4, 0.5) is 0 Å². The van der Waals surface area contributed by atoms with Crippen molar-refractivity contribution in [3.05, 3.63) is 182 Å². The summed E-state index contributed by atoms with van der Waals surface area (Å²) in [6.07, 6.45) is 1.85. The number of aromatic nitrogens is 6. The smallest absolute Gasteiger partial charge is 0.165 e. The SMILES string of the molecule is c1ccc(-c2nc(-c3ccccc3)nc(-c3ccc(-n4c5ccccc5c5c6oc7c(ccc8c7c7ccccc7n8-c7ccccc7)c6ccc54)nc3)n2)cc1. The van der Waals surface area contributed by atoms with Gasteiger partial charge in [-0.25, -0.2) is 19.9 Å². The van der Waals surface area contributed by atoms with Gasteiger partial charge in [-0.1, -0.05) is 115 Å². The first-order valence-electron chi connectivity index (χ1n) is 19.0. The van der Waals surface area contributed by atoms with E-state index in [4.69, 9.17) is 24.4 Å². The predicted octanol–water partition coefficient (Wildman–Crippen LogP) is 12.4. The Morgan fingerprint density at radius 3 is 1.37 bits per heavy atom. The van der Waals surface area contributed by atoms with E-state index in [1.165, 1.54) is 0 Å². The number of para-hydroxylation sites is 3. The quantitative estimate of drug-likeness (QED) is 0.176. The van der Waals surface area contributed by atoms with E-state index in [-0.39, 0.29) is 0 Å². The van der Waals surface area contributed by atoms with E-state index in [1.54, 1.807) is 0 Å². The Morgan fingerprint density at radius 2 is 0.825 bits per heavy atom. The molecule has 7 aromatic carbocycles. The van der Waals surface area contributed by atoms with E-state index < -0.39 is 0 Å². The summed E-state index contributed by atoms with van der Waals surface area (Å²) in [7, 11) is 0. The molecule has 7 heteroatoms. The molecule has 0 aliphatic heterocycles. The first-order valence-corrected chi connectivity index (χ1v) is 19.0. The molecule has 0 spiro atoms. The molecular formula is C50H30N6O. The minimum Gasteiger partial charge on any atom is -0.455 e. The number of hydrogen-bond acceptors (Lipinski definition) is 5. The molecule has 266 valence electrons. The van der Waals surface area contributed by atoms with Crippen LogP contribution in [0.15, 0.2) is 187 Å². The van der Waals surface area contributed by atoms with Crippen molar-refractivity contribution in [1.82, 2.24) is 29.1 Å². The lowest BCUT2D eigenvalue weighted by Crippen LogP contribution is -2.01. The van der Waals surface area contributed by atoms with E-state index in [0.29, 0.717) is 17.5 Å². The summed E-state index contributed by atoms with van der Waals surface area (Å²) in [5, 5.41) is 6.61. The second-order valence-electron chi connectivity index (χ2n) is 14.3. The summed E-state index contributed by atoms with van der Waals surface area (Å²) >= 11 is 0. The maximum absolute atomic E-state index is 7.10. The highest BCUT2D eigenvalue weighted by atomic mass is 16.3. The Bertz CT molecular complexity index is 3440. The van der Waals surface area contributed by atoms with Crippen molar-refractivity contribution in [2.24, 2.45) is 0 Å². The van der Waals surface area contributed by atoms with Crippen LogP contribution in [0.3, 0.4) is 0 Å². The molecule has 0 saturated carbocycles. The zero-order valence-corrected chi connectivity index (χ0v) is 30.4. The molecule has 57 heavy (non-hydrogen) atoms. The van der Waals surface area contributed by atoms with Crippen LogP contribution in [0.2, 0.25) is 0 Å². The maximum Gasteiger partial charge on any atom is 0.165 e. The number of rotatable bonds is 5. The van der Waals surface area contributed by atoms with E-state index >= 15 is 0 Å². The van der Waals surface area contributed by atoms with Crippen molar-refractivity contribution in [3.63, 3.8) is 0 Å². The Labute approximate surface area is 325 Å². The van der Waals surface area contributed by atoms with Crippen LogP contribution >= 0.6 is 0 Å². The summed E-state index contributed by atoms with van der Waals surface area (Å²) in [5.41, 5.74) is 9.84. The number of pyridine rings is 1. The van der Waals surface area contributed by atoms with E-state index in [0.717, 1.165) is 93.7 Å². The van der Waals surface area contributed by atoms with Gasteiger partial charge in [0.05, 0.1) is 32.8 Å². The highest BCUT2D eigenvalue weighted by Gasteiger charge is 2.23. The van der Waals surface area contributed by atoms with Gasteiger partial charge in [-0.15, -0.1) is 0 Å². The zero-order valence-electron chi connectivity index (χ0n) is 30.4. The number of fused-ring (bicyclic) bond motifs is 11. The molecule has 7 nitrogen and oxygen atoms in total. The van der Waals surface area contributed by atoms with Crippen LogP contribution in [-0.4, -0.2) is 29.1 Å². The number of furan rings is 1. The van der Waals surface area contributed by atoms with Gasteiger partial charge in [0, 0.05) is 50.1 Å². The summed E-state index contributed by atoms with van der Waals surface area (Å²) in [5.74, 6) is 2.58. The van der Waals surface area contributed by atoms with Gasteiger partial charge in [0.1, 0.15) is 17.0 Å². The molecule has 0 N–H and O–H groups in total. The van der Waals surface area contributed by atoms with Crippen LogP contribution in [-0.2, 0) is 0 Å². The molecule has 0 saturated heterocycles. The van der Waals surface area contributed by atoms with Crippen LogP contribution in [0.25, 0.3) is 111 Å². The standard InChI is InChI=1S/C50H30N6O/c1-4-14-31(15-5-1)48-52-49(32-16-6-2-7-17-32)54-50(53-48)33-24-29-43(51-30-33)56-40-23-13-11-21-38(40)45-42(56)28-26-36-35-25-27-41-44(46(35)57-47(36)45)37-20-10-12-22-39(37)55(41)34-18-8-3-9-19-34/h1-30H. The van der Waals surface area contributed by atoms with Gasteiger partial charge >= 0.3 is 0 Å². The van der Waals surface area contributed by atoms with Crippen LogP contribution in [0, 0.1) is 0 Å². The van der Waals surface area contributed by atoms with Crippen molar-refractivity contribution in [2.45, 2.75) is 0 Å². The second kappa shape index (κ2) is 12.3. The van der Waals surface area contributed by atoms with Gasteiger partial charge in [-0.3, -0.25) is 4.57 Å². The monoisotopic (exact) mass is 730 g/mol. The second-order valence-corrected chi connectivity index (χ2v) is 14.3. The topological polar surface area (TPSA) is 74.6 Å². The average molecular weight is 731 g/mol. The molecule has 0 atom stereocenters. The highest BCUT2D eigenvalue weighted by Crippen LogP contribution is 2.44. The van der Waals surface area contributed by atoms with Crippen molar-refractivity contribution in [3.8, 4) is 45.7 Å². The van der Waals surface area contributed by atoms with E-state index in [1.807, 2.05) is 79.0 Å². The van der Waals surface area contributed by atoms with Crippen LogP contribution < -0.4 is 0 Å². The fraction of sp³-hybridized carbons (Fsp3) is 0. The average Bonchev–Trinajstić information content (AvgIpc) is 3.95. The highest BCUT2D eigenvalue weighted by molar-refractivity contribution is 6.28. The van der Waals surface area contributed by atoms with Crippen molar-refractivity contribution < 1.29 is 4.42 Å². The van der Waals surface area contributed by atoms with Crippen molar-refractivity contribution in [2.75, 3.05) is 0 Å². The molecule has 5 heterocycles. The number of benzene rings is 7. The molecule has 0 radical (unpaired) electrons. The molecule has 0 aliphatic rings. The third-order valence-electron chi connectivity index (χ3n) is 11.0. The molecule has 0 amide bonds. The van der Waals surface area contributed by atoms with Gasteiger partial charge in [0.25, 0.3) is 0 Å². The lowest BCUT2D eigenvalue weighted by Gasteiger charge is -2.10. The lowest BCUT2D eigenvalue weighted by molar-refractivity contribution is 0.677. The predicted molar refractivity (Wildman–Crippen MR) is 230 cm³/mol. The van der Waals surface area contributed by atoms with Gasteiger partial charge in [0.15, 0.2) is 17.5 Å². The normalized spacial score (nSPS) is 11.9. The minimum atomic E-state index is 0.563. The maximum atomic E-state index is 7.10. The Balaban J connectivity index is 1.04. The van der Waals surface area contributed by atoms with E-state index in [9.17, 15) is 0 Å². The Morgan fingerprint density at radius 1 is 0.351 bits per heavy atom. The third-order valence-corrected chi connectivity index (χ3v) is 11.0. The van der Waals surface area contributed by atoms with Gasteiger partial charge < -0.3 is 8.98 Å². The molecule has 12 rings (SSSR count).